The average Bonchev–Trinajstić information content (AvgIpc) is 2.77. The number of rotatable bonds is 5. The first-order valence-electron chi connectivity index (χ1n) is 6.92. The fourth-order valence-corrected chi connectivity index (χ4v) is 2.53. The minimum atomic E-state index is -0.181. The summed E-state index contributed by atoms with van der Waals surface area (Å²) < 4.78 is 13.1. The van der Waals surface area contributed by atoms with E-state index in [0.29, 0.717) is 17.9 Å². The normalized spacial score (nSPS) is 20.5. The molecule has 104 valence electrons. The van der Waals surface area contributed by atoms with Crippen LogP contribution in [0.4, 0.5) is 4.39 Å². The van der Waals surface area contributed by atoms with Crippen LogP contribution in [0.1, 0.15) is 25.8 Å². The van der Waals surface area contributed by atoms with E-state index in [9.17, 15) is 4.39 Å². The van der Waals surface area contributed by atoms with Crippen LogP contribution < -0.4 is 5.73 Å². The molecular formula is C15H22FN3. The Morgan fingerprint density at radius 3 is 3.00 bits per heavy atom. The van der Waals surface area contributed by atoms with Gasteiger partial charge in [-0.3, -0.25) is 4.99 Å². The van der Waals surface area contributed by atoms with Crippen LogP contribution >= 0.6 is 0 Å². The molecular weight excluding hydrogens is 241 g/mol. The van der Waals surface area contributed by atoms with E-state index < -0.39 is 0 Å². The number of guanidine groups is 1. The summed E-state index contributed by atoms with van der Waals surface area (Å²) in [5.74, 6) is 1.01. The van der Waals surface area contributed by atoms with Crippen molar-refractivity contribution in [2.24, 2.45) is 16.6 Å². The fraction of sp³-hybridized carbons (Fsp3) is 0.533. The molecule has 19 heavy (non-hydrogen) atoms. The van der Waals surface area contributed by atoms with Crippen LogP contribution in [-0.4, -0.2) is 30.0 Å². The molecule has 2 rings (SSSR count). The molecule has 0 fully saturated rings. The summed E-state index contributed by atoms with van der Waals surface area (Å²) in [6.45, 7) is 6.00. The summed E-state index contributed by atoms with van der Waals surface area (Å²) in [5, 5.41) is 0. The van der Waals surface area contributed by atoms with Gasteiger partial charge in [0, 0.05) is 6.54 Å². The minimum absolute atomic E-state index is 0.181. The van der Waals surface area contributed by atoms with E-state index in [-0.39, 0.29) is 5.82 Å². The van der Waals surface area contributed by atoms with Crippen LogP contribution in [0.2, 0.25) is 0 Å². The lowest BCUT2D eigenvalue weighted by Crippen LogP contribution is -2.44. The standard InChI is InChI=1S/C15H22FN3/c1-3-11(2)14-10-18-15(17)19(14)8-7-12-5-4-6-13(16)9-12/h4-6,9,11,14H,3,7-8,10H2,1-2H3,(H2,17,18)/t11?,14-/m1/s1. The summed E-state index contributed by atoms with van der Waals surface area (Å²) in [4.78, 5) is 6.51. The van der Waals surface area contributed by atoms with Crippen molar-refractivity contribution in [2.75, 3.05) is 13.1 Å². The third-order valence-electron chi connectivity index (χ3n) is 3.97. The summed E-state index contributed by atoms with van der Waals surface area (Å²) in [6, 6.07) is 7.14. The van der Waals surface area contributed by atoms with E-state index in [1.807, 2.05) is 6.07 Å². The Bertz CT molecular complexity index is 458. The Morgan fingerprint density at radius 2 is 2.32 bits per heavy atom. The second kappa shape index (κ2) is 6.04. The molecule has 1 heterocycles. The zero-order chi connectivity index (χ0) is 13.8. The topological polar surface area (TPSA) is 41.6 Å². The van der Waals surface area contributed by atoms with Crippen LogP contribution in [0.3, 0.4) is 0 Å². The first kappa shape index (κ1) is 13.8. The number of hydrogen-bond donors (Lipinski definition) is 1. The van der Waals surface area contributed by atoms with Crippen molar-refractivity contribution < 1.29 is 4.39 Å². The van der Waals surface area contributed by atoms with Crippen molar-refractivity contribution in [1.29, 1.82) is 0 Å². The quantitative estimate of drug-likeness (QED) is 0.886. The van der Waals surface area contributed by atoms with Crippen molar-refractivity contribution in [3.05, 3.63) is 35.6 Å². The van der Waals surface area contributed by atoms with E-state index in [1.54, 1.807) is 12.1 Å². The van der Waals surface area contributed by atoms with Crippen molar-refractivity contribution in [1.82, 2.24) is 4.90 Å². The van der Waals surface area contributed by atoms with Gasteiger partial charge >= 0.3 is 0 Å². The molecule has 0 saturated carbocycles. The van der Waals surface area contributed by atoms with E-state index in [2.05, 4.69) is 23.7 Å². The van der Waals surface area contributed by atoms with Crippen LogP contribution in [0.15, 0.2) is 29.3 Å². The smallest absolute Gasteiger partial charge is 0.191 e. The molecule has 0 aromatic heterocycles. The number of halogens is 1. The van der Waals surface area contributed by atoms with Gasteiger partial charge in [0.25, 0.3) is 0 Å². The Hall–Kier alpha value is -1.58. The molecule has 1 aliphatic heterocycles. The van der Waals surface area contributed by atoms with Gasteiger partial charge < -0.3 is 10.6 Å². The Morgan fingerprint density at radius 1 is 1.53 bits per heavy atom. The van der Waals surface area contributed by atoms with Crippen molar-refractivity contribution in [3.8, 4) is 0 Å². The maximum atomic E-state index is 13.1. The Labute approximate surface area is 114 Å². The second-order valence-corrected chi connectivity index (χ2v) is 5.23. The highest BCUT2D eigenvalue weighted by molar-refractivity contribution is 5.80. The zero-order valence-electron chi connectivity index (χ0n) is 11.6. The van der Waals surface area contributed by atoms with Crippen LogP contribution in [-0.2, 0) is 6.42 Å². The zero-order valence-corrected chi connectivity index (χ0v) is 11.6. The maximum Gasteiger partial charge on any atom is 0.191 e. The number of nitrogens with two attached hydrogens (primary N) is 1. The highest BCUT2D eigenvalue weighted by Gasteiger charge is 2.29. The molecule has 2 atom stereocenters. The largest absolute Gasteiger partial charge is 0.370 e. The lowest BCUT2D eigenvalue weighted by atomic mass is 9.98. The van der Waals surface area contributed by atoms with E-state index in [0.717, 1.165) is 31.5 Å². The molecule has 1 unspecified atom stereocenters. The molecule has 1 aliphatic rings. The SMILES string of the molecule is CCC(C)[C@H]1CN=C(N)N1CCc1cccc(F)c1. The molecule has 0 radical (unpaired) electrons. The van der Waals surface area contributed by atoms with Gasteiger partial charge in [-0.15, -0.1) is 0 Å². The van der Waals surface area contributed by atoms with Gasteiger partial charge in [-0.05, 0) is 30.0 Å². The highest BCUT2D eigenvalue weighted by atomic mass is 19.1. The van der Waals surface area contributed by atoms with Gasteiger partial charge in [0.05, 0.1) is 12.6 Å². The summed E-state index contributed by atoms with van der Waals surface area (Å²) >= 11 is 0. The minimum Gasteiger partial charge on any atom is -0.370 e. The Kier molecular flexibility index (Phi) is 4.40. The molecule has 0 bridgehead atoms. The molecule has 1 aromatic carbocycles. The van der Waals surface area contributed by atoms with Gasteiger partial charge in [-0.1, -0.05) is 32.4 Å². The van der Waals surface area contributed by atoms with Crippen LogP contribution in [0.5, 0.6) is 0 Å². The van der Waals surface area contributed by atoms with Crippen molar-refractivity contribution in [2.45, 2.75) is 32.7 Å². The molecule has 4 heteroatoms. The lowest BCUT2D eigenvalue weighted by Gasteiger charge is -2.30. The van der Waals surface area contributed by atoms with Gasteiger partial charge in [0.15, 0.2) is 5.96 Å². The van der Waals surface area contributed by atoms with E-state index in [4.69, 9.17) is 5.73 Å². The third-order valence-corrected chi connectivity index (χ3v) is 3.97. The third kappa shape index (κ3) is 3.25. The predicted octanol–water partition coefficient (Wildman–Crippen LogP) is 2.41. The van der Waals surface area contributed by atoms with Crippen molar-refractivity contribution >= 4 is 5.96 Å². The lowest BCUT2D eigenvalue weighted by molar-refractivity contribution is 0.259. The van der Waals surface area contributed by atoms with Gasteiger partial charge in [0.2, 0.25) is 0 Å². The van der Waals surface area contributed by atoms with Gasteiger partial charge in [-0.2, -0.15) is 0 Å². The average molecular weight is 263 g/mol. The molecule has 2 N–H and O–H groups in total. The summed E-state index contributed by atoms with van der Waals surface area (Å²) in [5.41, 5.74) is 6.96. The molecule has 1 aromatic rings. The molecule has 0 spiro atoms. The Balaban J connectivity index is 1.98. The molecule has 0 amide bonds. The molecule has 0 aliphatic carbocycles. The monoisotopic (exact) mass is 263 g/mol. The van der Waals surface area contributed by atoms with Crippen LogP contribution in [0, 0.1) is 11.7 Å². The highest BCUT2D eigenvalue weighted by Crippen LogP contribution is 2.20. The fourth-order valence-electron chi connectivity index (χ4n) is 2.53. The van der Waals surface area contributed by atoms with Gasteiger partial charge in [0.1, 0.15) is 5.82 Å². The number of hydrogen-bond acceptors (Lipinski definition) is 3. The molecule has 3 nitrogen and oxygen atoms in total. The first-order chi connectivity index (χ1) is 9.11. The summed E-state index contributed by atoms with van der Waals surface area (Å²) in [7, 11) is 0. The van der Waals surface area contributed by atoms with E-state index in [1.165, 1.54) is 6.07 Å². The second-order valence-electron chi connectivity index (χ2n) is 5.23. The number of nitrogens with zero attached hydrogens (tertiary/aromatic N) is 2. The van der Waals surface area contributed by atoms with Crippen LogP contribution in [0.25, 0.3) is 0 Å². The first-order valence-corrected chi connectivity index (χ1v) is 6.92. The van der Waals surface area contributed by atoms with Crippen molar-refractivity contribution in [3.63, 3.8) is 0 Å². The van der Waals surface area contributed by atoms with E-state index >= 15 is 0 Å². The maximum absolute atomic E-state index is 13.1. The number of aliphatic imine (C=N–C) groups is 1. The molecule has 0 saturated heterocycles. The predicted molar refractivity (Wildman–Crippen MR) is 76.5 cm³/mol. The number of benzene rings is 1. The van der Waals surface area contributed by atoms with Gasteiger partial charge in [-0.25, -0.2) is 4.39 Å². The summed E-state index contributed by atoms with van der Waals surface area (Å²) in [6.07, 6.45) is 1.91.